The average Bonchev–Trinajstić information content (AvgIpc) is 2.51. The second-order valence-corrected chi connectivity index (χ2v) is 9.91. The zero-order chi connectivity index (χ0) is 18.1. The molecule has 0 spiro atoms. The van der Waals surface area contributed by atoms with E-state index in [2.05, 4.69) is 6.07 Å². The lowest BCUT2D eigenvalue weighted by Gasteiger charge is -2.18. The van der Waals surface area contributed by atoms with Crippen molar-refractivity contribution in [3.63, 3.8) is 0 Å². The van der Waals surface area contributed by atoms with Crippen LogP contribution in [0.1, 0.15) is 58.4 Å². The Kier molecular flexibility index (Phi) is 8.27. The molecule has 0 bridgehead atoms. The molecule has 134 valence electrons. The van der Waals surface area contributed by atoms with Crippen molar-refractivity contribution in [1.82, 2.24) is 0 Å². The first-order valence-electron chi connectivity index (χ1n) is 8.57. The van der Waals surface area contributed by atoms with E-state index in [1.165, 1.54) is 5.56 Å². The first kappa shape index (κ1) is 20.5. The normalized spacial score (nSPS) is 11.9. The summed E-state index contributed by atoms with van der Waals surface area (Å²) in [5.41, 5.74) is 1.21. The number of nitriles is 1. The predicted octanol–water partition coefficient (Wildman–Crippen LogP) is 4.30. The van der Waals surface area contributed by atoms with Crippen molar-refractivity contribution in [3.8, 4) is 11.8 Å². The number of sulfone groups is 1. The highest BCUT2D eigenvalue weighted by atomic mass is 32.2. The Bertz CT molecular complexity index is 639. The van der Waals surface area contributed by atoms with Crippen LogP contribution in [0.2, 0.25) is 0 Å². The molecule has 0 aliphatic rings. The molecule has 0 unspecified atom stereocenters. The second kappa shape index (κ2) is 9.68. The molecule has 0 aliphatic heterocycles. The van der Waals surface area contributed by atoms with E-state index in [1.807, 2.05) is 24.3 Å². The molecular formula is C19H29NO3S. The van der Waals surface area contributed by atoms with Gasteiger partial charge in [0.2, 0.25) is 0 Å². The van der Waals surface area contributed by atoms with Crippen molar-refractivity contribution < 1.29 is 13.2 Å². The molecule has 1 aromatic rings. The first-order valence-corrected chi connectivity index (χ1v) is 10.2. The van der Waals surface area contributed by atoms with Crippen LogP contribution in [-0.2, 0) is 16.3 Å². The topological polar surface area (TPSA) is 67.2 Å². The number of unbranched alkanes of at least 4 members (excludes halogenated alkanes) is 4. The molecule has 24 heavy (non-hydrogen) atoms. The van der Waals surface area contributed by atoms with Gasteiger partial charge in [-0.3, -0.25) is 0 Å². The van der Waals surface area contributed by atoms with Crippen molar-refractivity contribution in [2.75, 3.05) is 12.4 Å². The minimum atomic E-state index is -2.98. The lowest BCUT2D eigenvalue weighted by Crippen LogP contribution is -2.30. The molecule has 0 saturated carbocycles. The standard InChI is InChI=1S/C19H29NO3S/c1-19(2,3)24(21,22)15-8-6-4-5-7-10-17-11-9-12-18(16-17)23-14-13-20/h9,11-12,16H,4-8,10,14-15H2,1-3H3. The van der Waals surface area contributed by atoms with Crippen molar-refractivity contribution >= 4 is 9.84 Å². The van der Waals surface area contributed by atoms with Crippen molar-refractivity contribution in [3.05, 3.63) is 29.8 Å². The highest BCUT2D eigenvalue weighted by molar-refractivity contribution is 7.92. The minimum Gasteiger partial charge on any atom is -0.479 e. The largest absolute Gasteiger partial charge is 0.479 e. The van der Waals surface area contributed by atoms with Crippen molar-refractivity contribution in [1.29, 1.82) is 5.26 Å². The quantitative estimate of drug-likeness (QED) is 0.590. The summed E-state index contributed by atoms with van der Waals surface area (Å²) >= 11 is 0. The molecule has 0 saturated heterocycles. The van der Waals surface area contributed by atoms with E-state index in [-0.39, 0.29) is 12.4 Å². The Hall–Kier alpha value is -1.54. The third-order valence-corrected chi connectivity index (χ3v) is 6.71. The van der Waals surface area contributed by atoms with Crippen LogP contribution < -0.4 is 4.74 Å². The summed E-state index contributed by atoms with van der Waals surface area (Å²) in [6.45, 7) is 5.35. The van der Waals surface area contributed by atoms with Gasteiger partial charge in [-0.25, -0.2) is 8.42 Å². The molecule has 0 radical (unpaired) electrons. The van der Waals surface area contributed by atoms with Crippen LogP contribution >= 0.6 is 0 Å². The molecular weight excluding hydrogens is 322 g/mol. The molecule has 0 fully saturated rings. The SMILES string of the molecule is CC(C)(C)S(=O)(=O)CCCCCCCc1cccc(OCC#N)c1. The van der Waals surface area contributed by atoms with E-state index < -0.39 is 14.6 Å². The van der Waals surface area contributed by atoms with E-state index in [9.17, 15) is 8.42 Å². The average molecular weight is 352 g/mol. The van der Waals surface area contributed by atoms with E-state index in [4.69, 9.17) is 10.00 Å². The molecule has 0 atom stereocenters. The fourth-order valence-electron chi connectivity index (χ4n) is 2.36. The van der Waals surface area contributed by atoms with Gasteiger partial charge in [-0.1, -0.05) is 31.4 Å². The molecule has 4 nitrogen and oxygen atoms in total. The number of benzene rings is 1. The fourth-order valence-corrected chi connectivity index (χ4v) is 3.56. The number of hydrogen-bond donors (Lipinski definition) is 0. The van der Waals surface area contributed by atoms with Crippen LogP contribution in [0.15, 0.2) is 24.3 Å². The Morgan fingerprint density at radius 1 is 1.08 bits per heavy atom. The van der Waals surface area contributed by atoms with E-state index >= 15 is 0 Å². The third-order valence-electron chi connectivity index (χ3n) is 4.01. The Morgan fingerprint density at radius 3 is 2.42 bits per heavy atom. The van der Waals surface area contributed by atoms with Crippen LogP contribution in [0.5, 0.6) is 5.75 Å². The number of rotatable bonds is 10. The van der Waals surface area contributed by atoms with Gasteiger partial charge in [0.25, 0.3) is 0 Å². The van der Waals surface area contributed by atoms with Crippen LogP contribution in [0.25, 0.3) is 0 Å². The zero-order valence-electron chi connectivity index (χ0n) is 15.0. The van der Waals surface area contributed by atoms with Crippen LogP contribution in [0.3, 0.4) is 0 Å². The number of aryl methyl sites for hydroxylation is 1. The van der Waals surface area contributed by atoms with Gasteiger partial charge in [-0.15, -0.1) is 0 Å². The summed E-state index contributed by atoms with van der Waals surface area (Å²) < 4.78 is 28.7. The predicted molar refractivity (Wildman–Crippen MR) is 97.9 cm³/mol. The highest BCUT2D eigenvalue weighted by Gasteiger charge is 2.27. The molecule has 0 aliphatic carbocycles. The van der Waals surface area contributed by atoms with Gasteiger partial charge in [0.05, 0.1) is 10.5 Å². The van der Waals surface area contributed by atoms with E-state index in [0.29, 0.717) is 0 Å². The lowest BCUT2D eigenvalue weighted by molar-refractivity contribution is 0.367. The second-order valence-electron chi connectivity index (χ2n) is 7.04. The summed E-state index contributed by atoms with van der Waals surface area (Å²) in [5.74, 6) is 1.02. The smallest absolute Gasteiger partial charge is 0.174 e. The monoisotopic (exact) mass is 351 g/mol. The Morgan fingerprint density at radius 2 is 1.75 bits per heavy atom. The maximum Gasteiger partial charge on any atom is 0.174 e. The van der Waals surface area contributed by atoms with Crippen LogP contribution in [0.4, 0.5) is 0 Å². The fraction of sp³-hybridized carbons (Fsp3) is 0.632. The van der Waals surface area contributed by atoms with Crippen LogP contribution in [-0.4, -0.2) is 25.5 Å². The van der Waals surface area contributed by atoms with Gasteiger partial charge in [-0.05, 0) is 57.7 Å². The summed E-state index contributed by atoms with van der Waals surface area (Å²) in [6, 6.07) is 9.81. The van der Waals surface area contributed by atoms with Gasteiger partial charge < -0.3 is 4.74 Å². The summed E-state index contributed by atoms with van der Waals surface area (Å²) in [7, 11) is -2.98. The first-order chi connectivity index (χ1) is 11.3. The summed E-state index contributed by atoms with van der Waals surface area (Å²) in [4.78, 5) is 0. The van der Waals surface area contributed by atoms with Gasteiger partial charge in [0.15, 0.2) is 16.4 Å². The van der Waals surface area contributed by atoms with E-state index in [1.54, 1.807) is 20.8 Å². The third kappa shape index (κ3) is 7.35. The van der Waals surface area contributed by atoms with Gasteiger partial charge in [0, 0.05) is 0 Å². The van der Waals surface area contributed by atoms with Gasteiger partial charge in [-0.2, -0.15) is 5.26 Å². The zero-order valence-corrected chi connectivity index (χ0v) is 15.9. The Balaban J connectivity index is 2.20. The van der Waals surface area contributed by atoms with Crippen molar-refractivity contribution in [2.45, 2.75) is 64.0 Å². The molecule has 0 N–H and O–H groups in total. The van der Waals surface area contributed by atoms with E-state index in [0.717, 1.165) is 44.3 Å². The summed E-state index contributed by atoms with van der Waals surface area (Å²) in [5, 5.41) is 8.52. The molecule has 0 heterocycles. The maximum atomic E-state index is 12.0. The molecule has 1 rings (SSSR count). The number of ether oxygens (including phenoxy) is 1. The highest BCUT2D eigenvalue weighted by Crippen LogP contribution is 2.19. The lowest BCUT2D eigenvalue weighted by atomic mass is 10.1. The summed E-state index contributed by atoms with van der Waals surface area (Å²) in [6.07, 6.45) is 5.92. The number of nitrogens with zero attached hydrogens (tertiary/aromatic N) is 1. The molecule has 0 amide bonds. The number of hydrogen-bond acceptors (Lipinski definition) is 4. The van der Waals surface area contributed by atoms with Gasteiger partial charge in [0.1, 0.15) is 11.8 Å². The Labute approximate surface area is 146 Å². The molecule has 1 aromatic carbocycles. The molecule has 5 heteroatoms. The van der Waals surface area contributed by atoms with Crippen molar-refractivity contribution in [2.24, 2.45) is 0 Å². The maximum absolute atomic E-state index is 12.0. The molecule has 0 aromatic heterocycles. The van der Waals surface area contributed by atoms with Gasteiger partial charge >= 0.3 is 0 Å². The minimum absolute atomic E-state index is 0.0704. The van der Waals surface area contributed by atoms with Crippen LogP contribution in [0, 0.1) is 11.3 Å².